The standard InChI is InChI=1S/C19H22N6O2/c1-22-16-6-4-3-5-14(16)20-17(22)13-24-9-11-25(12-10-24)19(27)15-7-8-18(26)23(2)21-15/h3-8H,9-13H2,1-2H3. The van der Waals surface area contributed by atoms with Crippen LogP contribution in [0.1, 0.15) is 16.3 Å². The summed E-state index contributed by atoms with van der Waals surface area (Å²) >= 11 is 0. The molecule has 1 amide bonds. The number of imidazole rings is 1. The molecule has 8 nitrogen and oxygen atoms in total. The number of carbonyl (C=O) groups is 1. The number of benzene rings is 1. The van der Waals surface area contributed by atoms with Crippen LogP contribution in [0.15, 0.2) is 41.2 Å². The van der Waals surface area contributed by atoms with Crippen LogP contribution in [0.25, 0.3) is 11.0 Å². The zero-order valence-electron chi connectivity index (χ0n) is 15.5. The molecule has 4 rings (SSSR count). The smallest absolute Gasteiger partial charge is 0.274 e. The van der Waals surface area contributed by atoms with Crippen molar-refractivity contribution in [3.8, 4) is 0 Å². The van der Waals surface area contributed by atoms with E-state index < -0.39 is 0 Å². The summed E-state index contributed by atoms with van der Waals surface area (Å²) in [5, 5.41) is 4.06. The van der Waals surface area contributed by atoms with E-state index in [4.69, 9.17) is 4.98 Å². The number of fused-ring (bicyclic) bond motifs is 1. The van der Waals surface area contributed by atoms with E-state index in [1.807, 2.05) is 25.2 Å². The molecule has 1 aliphatic rings. The molecular weight excluding hydrogens is 344 g/mol. The summed E-state index contributed by atoms with van der Waals surface area (Å²) < 4.78 is 3.32. The number of amides is 1. The quantitative estimate of drug-likeness (QED) is 0.679. The fourth-order valence-electron chi connectivity index (χ4n) is 3.42. The third kappa shape index (κ3) is 3.35. The number of piperazine rings is 1. The number of carbonyl (C=O) groups excluding carboxylic acids is 1. The van der Waals surface area contributed by atoms with Crippen LogP contribution >= 0.6 is 0 Å². The molecule has 0 bridgehead atoms. The second-order valence-electron chi connectivity index (χ2n) is 6.82. The molecule has 3 aromatic rings. The Morgan fingerprint density at radius 1 is 1.04 bits per heavy atom. The van der Waals surface area contributed by atoms with Crippen molar-refractivity contribution in [2.45, 2.75) is 6.54 Å². The van der Waals surface area contributed by atoms with E-state index in [2.05, 4.69) is 20.6 Å². The molecule has 8 heteroatoms. The highest BCUT2D eigenvalue weighted by Crippen LogP contribution is 2.16. The molecule has 0 spiro atoms. The number of rotatable bonds is 3. The van der Waals surface area contributed by atoms with Crippen molar-refractivity contribution in [2.75, 3.05) is 26.2 Å². The first kappa shape index (κ1) is 17.4. The first-order chi connectivity index (χ1) is 13.0. The van der Waals surface area contributed by atoms with E-state index >= 15 is 0 Å². The summed E-state index contributed by atoms with van der Waals surface area (Å²) in [5.41, 5.74) is 2.21. The molecule has 0 aliphatic carbocycles. The normalized spacial score (nSPS) is 15.4. The van der Waals surface area contributed by atoms with Crippen molar-refractivity contribution in [1.29, 1.82) is 0 Å². The fourth-order valence-corrected chi connectivity index (χ4v) is 3.42. The molecule has 0 atom stereocenters. The SMILES string of the molecule is Cn1nc(C(=O)N2CCN(Cc3nc4ccccc4n3C)CC2)ccc1=O. The summed E-state index contributed by atoms with van der Waals surface area (Å²) in [6, 6.07) is 11.0. The Kier molecular flexibility index (Phi) is 4.49. The summed E-state index contributed by atoms with van der Waals surface area (Å²) in [4.78, 5) is 32.9. The Bertz CT molecular complexity index is 1050. The van der Waals surface area contributed by atoms with Gasteiger partial charge in [-0.15, -0.1) is 0 Å². The second-order valence-corrected chi connectivity index (χ2v) is 6.82. The predicted octanol–water partition coefficient (Wildman–Crippen LogP) is 0.625. The molecule has 3 heterocycles. The molecule has 0 unspecified atom stereocenters. The van der Waals surface area contributed by atoms with Gasteiger partial charge in [-0.1, -0.05) is 12.1 Å². The highest BCUT2D eigenvalue weighted by Gasteiger charge is 2.24. The molecule has 1 fully saturated rings. The van der Waals surface area contributed by atoms with Gasteiger partial charge in [0.25, 0.3) is 11.5 Å². The van der Waals surface area contributed by atoms with Gasteiger partial charge in [0.15, 0.2) is 0 Å². The van der Waals surface area contributed by atoms with Gasteiger partial charge in [-0.2, -0.15) is 5.10 Å². The van der Waals surface area contributed by atoms with E-state index in [0.717, 1.165) is 36.5 Å². The van der Waals surface area contributed by atoms with Crippen molar-refractivity contribution in [1.82, 2.24) is 29.1 Å². The number of nitrogens with zero attached hydrogens (tertiary/aromatic N) is 6. The maximum atomic E-state index is 12.6. The zero-order valence-corrected chi connectivity index (χ0v) is 15.5. The lowest BCUT2D eigenvalue weighted by Crippen LogP contribution is -2.48. The van der Waals surface area contributed by atoms with Crippen molar-refractivity contribution in [3.63, 3.8) is 0 Å². The zero-order chi connectivity index (χ0) is 19.0. The van der Waals surface area contributed by atoms with E-state index in [0.29, 0.717) is 18.8 Å². The maximum absolute atomic E-state index is 12.6. The van der Waals surface area contributed by atoms with E-state index in [1.54, 1.807) is 11.9 Å². The third-order valence-corrected chi connectivity index (χ3v) is 5.08. The Morgan fingerprint density at radius 2 is 1.78 bits per heavy atom. The van der Waals surface area contributed by atoms with Crippen molar-refractivity contribution < 1.29 is 4.79 Å². The minimum atomic E-state index is -0.223. The van der Waals surface area contributed by atoms with Crippen LogP contribution in [0.4, 0.5) is 0 Å². The molecule has 1 aromatic carbocycles. The average molecular weight is 366 g/mol. The van der Waals surface area contributed by atoms with Crippen LogP contribution in [0.5, 0.6) is 0 Å². The van der Waals surface area contributed by atoms with Gasteiger partial charge < -0.3 is 9.47 Å². The van der Waals surface area contributed by atoms with Crippen LogP contribution in [0.3, 0.4) is 0 Å². The van der Waals surface area contributed by atoms with Gasteiger partial charge in [-0.3, -0.25) is 14.5 Å². The first-order valence-electron chi connectivity index (χ1n) is 8.99. The molecule has 1 saturated heterocycles. The Morgan fingerprint density at radius 3 is 2.48 bits per heavy atom. The Balaban J connectivity index is 1.41. The predicted molar refractivity (Wildman–Crippen MR) is 101 cm³/mol. The van der Waals surface area contributed by atoms with Gasteiger partial charge in [0.1, 0.15) is 11.5 Å². The summed E-state index contributed by atoms with van der Waals surface area (Å²) in [5.74, 6) is 0.892. The fraction of sp³-hybridized carbons (Fsp3) is 0.368. The minimum Gasteiger partial charge on any atom is -0.335 e. The van der Waals surface area contributed by atoms with Gasteiger partial charge in [0.2, 0.25) is 0 Å². The van der Waals surface area contributed by atoms with E-state index in [9.17, 15) is 9.59 Å². The molecular formula is C19H22N6O2. The van der Waals surface area contributed by atoms with Gasteiger partial charge in [0.05, 0.1) is 17.6 Å². The Hall–Kier alpha value is -3.00. The molecule has 2 aromatic heterocycles. The minimum absolute atomic E-state index is 0.131. The number of aryl methyl sites for hydroxylation is 2. The number of hydrogen-bond donors (Lipinski definition) is 0. The molecule has 0 saturated carbocycles. The van der Waals surface area contributed by atoms with Crippen LogP contribution in [-0.2, 0) is 20.6 Å². The number of hydrogen-bond acceptors (Lipinski definition) is 5. The highest BCUT2D eigenvalue weighted by atomic mass is 16.2. The van der Waals surface area contributed by atoms with Crippen LogP contribution in [0, 0.1) is 0 Å². The first-order valence-corrected chi connectivity index (χ1v) is 8.99. The molecule has 140 valence electrons. The summed E-state index contributed by atoms with van der Waals surface area (Å²) in [7, 11) is 3.59. The average Bonchev–Trinajstić information content (AvgIpc) is 3.00. The largest absolute Gasteiger partial charge is 0.335 e. The second kappa shape index (κ2) is 6.96. The lowest BCUT2D eigenvalue weighted by Gasteiger charge is -2.34. The number of aromatic nitrogens is 4. The summed E-state index contributed by atoms with van der Waals surface area (Å²) in [6.07, 6.45) is 0. The van der Waals surface area contributed by atoms with Crippen LogP contribution in [0.2, 0.25) is 0 Å². The van der Waals surface area contributed by atoms with Crippen molar-refractivity contribution >= 4 is 16.9 Å². The molecule has 27 heavy (non-hydrogen) atoms. The van der Waals surface area contributed by atoms with Crippen LogP contribution < -0.4 is 5.56 Å². The molecule has 0 N–H and O–H groups in total. The van der Waals surface area contributed by atoms with Crippen molar-refractivity contribution in [2.24, 2.45) is 14.1 Å². The number of para-hydroxylation sites is 2. The van der Waals surface area contributed by atoms with Gasteiger partial charge in [0, 0.05) is 46.3 Å². The van der Waals surface area contributed by atoms with E-state index in [-0.39, 0.29) is 11.5 Å². The topological polar surface area (TPSA) is 76.3 Å². The van der Waals surface area contributed by atoms with Gasteiger partial charge >= 0.3 is 0 Å². The molecule has 1 aliphatic heterocycles. The third-order valence-electron chi connectivity index (χ3n) is 5.08. The van der Waals surface area contributed by atoms with Gasteiger partial charge in [-0.25, -0.2) is 9.67 Å². The lowest BCUT2D eigenvalue weighted by molar-refractivity contribution is 0.0616. The lowest BCUT2D eigenvalue weighted by atomic mass is 10.2. The maximum Gasteiger partial charge on any atom is 0.274 e. The Labute approximate surface area is 156 Å². The summed E-state index contributed by atoms with van der Waals surface area (Å²) in [6.45, 7) is 3.58. The van der Waals surface area contributed by atoms with Crippen molar-refractivity contribution in [3.05, 3.63) is 58.3 Å². The van der Waals surface area contributed by atoms with Crippen LogP contribution in [-0.4, -0.2) is 61.2 Å². The monoisotopic (exact) mass is 366 g/mol. The highest BCUT2D eigenvalue weighted by molar-refractivity contribution is 5.92. The van der Waals surface area contributed by atoms with Gasteiger partial charge in [-0.05, 0) is 18.2 Å². The van der Waals surface area contributed by atoms with E-state index in [1.165, 1.54) is 16.8 Å². The molecule has 0 radical (unpaired) electrons.